The molecule has 1 aliphatic heterocycles. The number of thiazole rings is 1. The summed E-state index contributed by atoms with van der Waals surface area (Å²) < 4.78 is 0. The van der Waals surface area contributed by atoms with E-state index in [0.29, 0.717) is 0 Å². The molecule has 1 N–H and O–H groups in total. The molecule has 0 radical (unpaired) electrons. The van der Waals surface area contributed by atoms with Crippen LogP contribution >= 0.6 is 11.3 Å². The molecule has 2 rings (SSSR count). The summed E-state index contributed by atoms with van der Waals surface area (Å²) in [5.41, 5.74) is 1.32. The molecule has 1 fully saturated rings. The van der Waals surface area contributed by atoms with Gasteiger partial charge in [-0.1, -0.05) is 27.2 Å². The van der Waals surface area contributed by atoms with E-state index < -0.39 is 0 Å². The highest BCUT2D eigenvalue weighted by molar-refractivity contribution is 7.15. The monoisotopic (exact) mass is 281 g/mol. The molecule has 0 aromatic carbocycles. The Morgan fingerprint density at radius 1 is 1.42 bits per heavy atom. The molecule has 3 nitrogen and oxygen atoms in total. The van der Waals surface area contributed by atoms with Crippen LogP contribution in [0.4, 0.5) is 5.13 Å². The van der Waals surface area contributed by atoms with E-state index in [9.17, 15) is 0 Å². The van der Waals surface area contributed by atoms with E-state index in [1.165, 1.54) is 48.1 Å². The van der Waals surface area contributed by atoms with Crippen molar-refractivity contribution >= 4 is 16.5 Å². The molecule has 4 heteroatoms. The van der Waals surface area contributed by atoms with Gasteiger partial charge in [-0.25, -0.2) is 4.98 Å². The molecule has 1 saturated heterocycles. The van der Waals surface area contributed by atoms with Crippen molar-refractivity contribution in [1.82, 2.24) is 10.3 Å². The van der Waals surface area contributed by atoms with Gasteiger partial charge in [0.2, 0.25) is 0 Å². The maximum absolute atomic E-state index is 4.92. The first-order valence-electron chi connectivity index (χ1n) is 7.68. The molecule has 1 atom stereocenters. The fourth-order valence-corrected chi connectivity index (χ4v) is 3.79. The molecule has 1 unspecified atom stereocenters. The third-order valence-electron chi connectivity index (χ3n) is 3.72. The van der Waals surface area contributed by atoms with Crippen molar-refractivity contribution in [2.24, 2.45) is 5.92 Å². The predicted molar refractivity (Wildman–Crippen MR) is 84.1 cm³/mol. The van der Waals surface area contributed by atoms with Crippen molar-refractivity contribution in [3.63, 3.8) is 0 Å². The topological polar surface area (TPSA) is 28.2 Å². The van der Waals surface area contributed by atoms with Crippen molar-refractivity contribution < 1.29 is 0 Å². The van der Waals surface area contributed by atoms with Crippen LogP contribution in [0.15, 0.2) is 0 Å². The molecule has 0 amide bonds. The van der Waals surface area contributed by atoms with Gasteiger partial charge >= 0.3 is 0 Å². The lowest BCUT2D eigenvalue weighted by atomic mass is 10.0. The number of hydrogen-bond donors (Lipinski definition) is 1. The summed E-state index contributed by atoms with van der Waals surface area (Å²) >= 11 is 1.90. The minimum absolute atomic E-state index is 0.810. The Bertz CT molecular complexity index is 389. The highest BCUT2D eigenvalue weighted by Gasteiger charge is 2.20. The van der Waals surface area contributed by atoms with Gasteiger partial charge in [-0.05, 0) is 31.7 Å². The van der Waals surface area contributed by atoms with Crippen LogP contribution in [0.2, 0.25) is 0 Å². The van der Waals surface area contributed by atoms with Gasteiger partial charge in [0.1, 0.15) is 0 Å². The molecule has 19 heavy (non-hydrogen) atoms. The molecular formula is C15H27N3S. The van der Waals surface area contributed by atoms with E-state index in [4.69, 9.17) is 4.98 Å². The lowest BCUT2D eigenvalue weighted by Gasteiger charge is -2.30. The maximum Gasteiger partial charge on any atom is 0.185 e. The van der Waals surface area contributed by atoms with Gasteiger partial charge in [0, 0.05) is 24.5 Å². The minimum Gasteiger partial charge on any atom is -0.348 e. The first-order chi connectivity index (χ1) is 9.24. The van der Waals surface area contributed by atoms with Crippen molar-refractivity contribution in [2.45, 2.75) is 53.0 Å². The smallest absolute Gasteiger partial charge is 0.185 e. The van der Waals surface area contributed by atoms with E-state index in [1.807, 2.05) is 11.3 Å². The van der Waals surface area contributed by atoms with E-state index >= 15 is 0 Å². The van der Waals surface area contributed by atoms with Gasteiger partial charge in [0.05, 0.1) is 5.69 Å². The number of nitrogens with one attached hydrogen (secondary N) is 1. The quantitative estimate of drug-likeness (QED) is 0.866. The lowest BCUT2D eigenvalue weighted by Crippen LogP contribution is -2.34. The molecule has 1 aromatic rings. The number of rotatable bonds is 6. The van der Waals surface area contributed by atoms with Crippen LogP contribution in [0.1, 0.15) is 50.6 Å². The second-order valence-corrected chi connectivity index (χ2v) is 6.65. The molecule has 0 bridgehead atoms. The molecule has 0 saturated carbocycles. The number of anilines is 1. The number of aryl methyl sites for hydroxylation is 1. The molecule has 0 aliphatic carbocycles. The van der Waals surface area contributed by atoms with Crippen LogP contribution in [0.3, 0.4) is 0 Å². The Morgan fingerprint density at radius 3 is 2.95 bits per heavy atom. The zero-order valence-electron chi connectivity index (χ0n) is 12.5. The fraction of sp³-hybridized carbons (Fsp3) is 0.800. The van der Waals surface area contributed by atoms with Crippen molar-refractivity contribution in [3.8, 4) is 0 Å². The van der Waals surface area contributed by atoms with Crippen LogP contribution in [0, 0.1) is 5.92 Å². The summed E-state index contributed by atoms with van der Waals surface area (Å²) in [5, 5.41) is 4.69. The average Bonchev–Trinajstić information content (AvgIpc) is 2.80. The van der Waals surface area contributed by atoms with Gasteiger partial charge in [-0.3, -0.25) is 0 Å². The molecule has 108 valence electrons. The van der Waals surface area contributed by atoms with Crippen molar-refractivity contribution in [2.75, 3.05) is 24.5 Å². The van der Waals surface area contributed by atoms with Gasteiger partial charge in [-0.15, -0.1) is 11.3 Å². The second-order valence-electron chi connectivity index (χ2n) is 5.59. The SMILES string of the molecule is CCCc1nc(N2CCCC(C)C2)sc1CNCC. The maximum atomic E-state index is 4.92. The first-order valence-corrected chi connectivity index (χ1v) is 8.50. The molecule has 1 aliphatic rings. The number of aromatic nitrogens is 1. The van der Waals surface area contributed by atoms with Crippen LogP contribution < -0.4 is 10.2 Å². The van der Waals surface area contributed by atoms with Gasteiger partial charge in [0.25, 0.3) is 0 Å². The Balaban J connectivity index is 2.11. The van der Waals surface area contributed by atoms with Crippen molar-refractivity contribution in [3.05, 3.63) is 10.6 Å². The zero-order chi connectivity index (χ0) is 13.7. The zero-order valence-corrected chi connectivity index (χ0v) is 13.4. The summed E-state index contributed by atoms with van der Waals surface area (Å²) in [4.78, 5) is 8.85. The summed E-state index contributed by atoms with van der Waals surface area (Å²) in [6.07, 6.45) is 4.97. The van der Waals surface area contributed by atoms with E-state index in [1.54, 1.807) is 0 Å². The van der Waals surface area contributed by atoms with Gasteiger partial charge in [-0.2, -0.15) is 0 Å². The summed E-state index contributed by atoms with van der Waals surface area (Å²) in [6.45, 7) is 11.1. The first kappa shape index (κ1) is 14.8. The Labute approximate surface area is 121 Å². The molecular weight excluding hydrogens is 254 g/mol. The van der Waals surface area contributed by atoms with Crippen LogP contribution in [-0.4, -0.2) is 24.6 Å². The lowest BCUT2D eigenvalue weighted by molar-refractivity contribution is 0.446. The highest BCUT2D eigenvalue weighted by atomic mass is 32.1. The summed E-state index contributed by atoms with van der Waals surface area (Å²) in [7, 11) is 0. The fourth-order valence-electron chi connectivity index (χ4n) is 2.68. The van der Waals surface area contributed by atoms with Crippen LogP contribution in [0.5, 0.6) is 0 Å². The van der Waals surface area contributed by atoms with Crippen molar-refractivity contribution in [1.29, 1.82) is 0 Å². The van der Waals surface area contributed by atoms with Gasteiger partial charge < -0.3 is 10.2 Å². The average molecular weight is 281 g/mol. The largest absolute Gasteiger partial charge is 0.348 e. The Hall–Kier alpha value is -0.610. The van der Waals surface area contributed by atoms with Gasteiger partial charge in [0.15, 0.2) is 5.13 Å². The predicted octanol–water partition coefficient (Wildman–Crippen LogP) is 3.44. The van der Waals surface area contributed by atoms with Crippen LogP contribution in [0.25, 0.3) is 0 Å². The number of piperidine rings is 1. The molecule has 2 heterocycles. The normalized spacial score (nSPS) is 19.9. The Morgan fingerprint density at radius 2 is 2.26 bits per heavy atom. The van der Waals surface area contributed by atoms with E-state index in [2.05, 4.69) is 31.0 Å². The number of hydrogen-bond acceptors (Lipinski definition) is 4. The minimum atomic E-state index is 0.810. The standard InChI is InChI=1S/C15H27N3S/c1-4-7-13-14(10-16-5-2)19-15(17-13)18-9-6-8-12(3)11-18/h12,16H,4-11H2,1-3H3. The third-order valence-corrected chi connectivity index (χ3v) is 4.88. The van der Waals surface area contributed by atoms with Crippen LogP contribution in [-0.2, 0) is 13.0 Å². The number of nitrogens with zero attached hydrogens (tertiary/aromatic N) is 2. The summed E-state index contributed by atoms with van der Waals surface area (Å²) in [6, 6.07) is 0. The Kier molecular flexibility index (Phi) is 5.64. The van der Waals surface area contributed by atoms with E-state index in [0.717, 1.165) is 25.4 Å². The third kappa shape index (κ3) is 3.93. The molecule has 1 aromatic heterocycles. The summed E-state index contributed by atoms with van der Waals surface area (Å²) in [5.74, 6) is 0.810. The highest BCUT2D eigenvalue weighted by Crippen LogP contribution is 2.30. The second kappa shape index (κ2) is 7.25. The molecule has 0 spiro atoms. The van der Waals surface area contributed by atoms with E-state index in [-0.39, 0.29) is 0 Å².